The molecule has 0 saturated heterocycles. The van der Waals surface area contributed by atoms with Crippen LogP contribution < -0.4 is 5.73 Å². The molecule has 0 spiro atoms. The fourth-order valence-electron chi connectivity index (χ4n) is 2.01. The summed E-state index contributed by atoms with van der Waals surface area (Å²) >= 11 is 0. The van der Waals surface area contributed by atoms with Crippen molar-refractivity contribution in [2.24, 2.45) is 0 Å². The second kappa shape index (κ2) is 5.66. The number of anilines is 1. The number of aliphatic hydroxyl groups is 1. The van der Waals surface area contributed by atoms with Gasteiger partial charge < -0.3 is 10.8 Å². The van der Waals surface area contributed by atoms with Crippen LogP contribution in [0.25, 0.3) is 16.9 Å². The summed E-state index contributed by atoms with van der Waals surface area (Å²) in [6.07, 6.45) is 3.19. The van der Waals surface area contributed by atoms with E-state index in [1.807, 2.05) is 0 Å². The quantitative estimate of drug-likeness (QED) is 0.700. The van der Waals surface area contributed by atoms with Gasteiger partial charge in [0, 0.05) is 11.8 Å². The van der Waals surface area contributed by atoms with E-state index in [2.05, 4.69) is 26.8 Å². The molecule has 7 heteroatoms. The Bertz CT molecular complexity index is 923. The number of benzene rings is 1. The largest absolute Gasteiger partial charge is 0.375 e. The first-order chi connectivity index (χ1) is 11.0. The molecule has 3 aromatic rings. The van der Waals surface area contributed by atoms with Crippen LogP contribution in [0.5, 0.6) is 0 Å². The molecular weight excluding hydrogens is 297 g/mol. The van der Waals surface area contributed by atoms with Gasteiger partial charge >= 0.3 is 0 Å². The minimum atomic E-state index is -1.66. The van der Waals surface area contributed by atoms with Crippen molar-refractivity contribution in [2.75, 3.05) is 12.4 Å². The van der Waals surface area contributed by atoms with Crippen molar-refractivity contribution < 1.29 is 9.50 Å². The lowest BCUT2D eigenvalue weighted by Crippen LogP contribution is -2.23. The molecule has 0 aliphatic rings. The minimum Gasteiger partial charge on any atom is -0.375 e. The first-order valence-electron chi connectivity index (χ1n) is 6.86. The van der Waals surface area contributed by atoms with Crippen molar-refractivity contribution in [3.63, 3.8) is 0 Å². The molecule has 1 aromatic carbocycles. The Balaban J connectivity index is 2.07. The zero-order valence-electron chi connectivity index (χ0n) is 12.4. The first kappa shape index (κ1) is 14.9. The van der Waals surface area contributed by atoms with Crippen LogP contribution in [-0.2, 0) is 0 Å². The highest BCUT2D eigenvalue weighted by atomic mass is 19.1. The molecule has 1 atom stereocenters. The van der Waals surface area contributed by atoms with Gasteiger partial charge in [-0.15, -0.1) is 0 Å². The average Bonchev–Trinajstić information content (AvgIpc) is 2.96. The Kier molecular flexibility index (Phi) is 3.68. The molecule has 6 nitrogen and oxygen atoms in total. The van der Waals surface area contributed by atoms with Gasteiger partial charge in [-0.1, -0.05) is 11.8 Å². The molecule has 1 unspecified atom stereocenters. The zero-order valence-corrected chi connectivity index (χ0v) is 12.4. The third-order valence-electron chi connectivity index (χ3n) is 3.19. The second-order valence-electron chi connectivity index (χ2n) is 5.25. The van der Waals surface area contributed by atoms with Crippen LogP contribution in [0.3, 0.4) is 0 Å². The maximum absolute atomic E-state index is 12.6. The lowest BCUT2D eigenvalue weighted by Gasteiger charge is -2.09. The van der Waals surface area contributed by atoms with Gasteiger partial charge in [0.25, 0.3) is 0 Å². The smallest absolute Gasteiger partial charge is 0.221 e. The number of nitrogen functional groups attached to an aromatic ring is 1. The normalized spacial score (nSPS) is 13.3. The maximum atomic E-state index is 12.6. The number of fused-ring (bicyclic) bond motifs is 1. The number of nitrogens with two attached hydrogens (primary N) is 1. The summed E-state index contributed by atoms with van der Waals surface area (Å²) in [4.78, 5) is 12.3. The third kappa shape index (κ3) is 3.12. The molecule has 0 amide bonds. The maximum Gasteiger partial charge on any atom is 0.221 e. The summed E-state index contributed by atoms with van der Waals surface area (Å²) in [6, 6.07) is 7.06. The molecule has 2 aromatic heterocycles. The molecule has 2 heterocycles. The Hall–Kier alpha value is -2.98. The van der Waals surface area contributed by atoms with Gasteiger partial charge in [0.2, 0.25) is 5.95 Å². The summed E-state index contributed by atoms with van der Waals surface area (Å²) < 4.78 is 14.4. The van der Waals surface area contributed by atoms with Gasteiger partial charge in [-0.25, -0.2) is 14.4 Å². The number of hydrogen-bond acceptors (Lipinski definition) is 5. The Morgan fingerprint density at radius 2 is 2.17 bits per heavy atom. The Labute approximate surface area is 131 Å². The Morgan fingerprint density at radius 1 is 1.35 bits per heavy atom. The highest BCUT2D eigenvalue weighted by Crippen LogP contribution is 2.18. The second-order valence-corrected chi connectivity index (χ2v) is 5.25. The van der Waals surface area contributed by atoms with E-state index in [0.29, 0.717) is 11.4 Å². The van der Waals surface area contributed by atoms with E-state index in [1.165, 1.54) is 6.92 Å². The number of alkyl halides is 1. The molecule has 116 valence electrons. The van der Waals surface area contributed by atoms with Crippen molar-refractivity contribution in [2.45, 2.75) is 12.5 Å². The van der Waals surface area contributed by atoms with Crippen LogP contribution in [0.2, 0.25) is 0 Å². The topological polar surface area (TPSA) is 89.9 Å². The molecule has 3 N–H and O–H groups in total. The fraction of sp³-hybridized carbons (Fsp3) is 0.188. The molecule has 23 heavy (non-hydrogen) atoms. The van der Waals surface area contributed by atoms with E-state index < -0.39 is 12.3 Å². The van der Waals surface area contributed by atoms with Crippen LogP contribution in [0.4, 0.5) is 10.3 Å². The van der Waals surface area contributed by atoms with Crippen LogP contribution in [0.1, 0.15) is 12.5 Å². The highest BCUT2D eigenvalue weighted by molar-refractivity contribution is 5.78. The number of nitrogens with zero attached hydrogens (tertiary/aromatic N) is 4. The molecule has 0 saturated carbocycles. The van der Waals surface area contributed by atoms with Crippen molar-refractivity contribution in [1.82, 2.24) is 19.5 Å². The van der Waals surface area contributed by atoms with E-state index in [1.54, 1.807) is 41.4 Å². The van der Waals surface area contributed by atoms with Crippen molar-refractivity contribution in [1.29, 1.82) is 0 Å². The number of hydrogen-bond donors (Lipinski definition) is 2. The van der Waals surface area contributed by atoms with Gasteiger partial charge in [0.15, 0.2) is 5.60 Å². The SMILES string of the molecule is CC(O)(C#Cc1ccc2ncn(-c3ccnc(N)n3)c2c1)CF. The van der Waals surface area contributed by atoms with E-state index in [4.69, 9.17) is 5.73 Å². The van der Waals surface area contributed by atoms with Gasteiger partial charge in [-0.3, -0.25) is 4.57 Å². The number of rotatable bonds is 2. The van der Waals surface area contributed by atoms with Crippen LogP contribution >= 0.6 is 0 Å². The zero-order chi connectivity index (χ0) is 16.4. The predicted molar refractivity (Wildman–Crippen MR) is 84.5 cm³/mol. The number of imidazole rings is 1. The lowest BCUT2D eigenvalue weighted by molar-refractivity contribution is 0.0905. The predicted octanol–water partition coefficient (Wildman–Crippen LogP) is 1.47. The van der Waals surface area contributed by atoms with Crippen molar-refractivity contribution in [3.05, 3.63) is 42.4 Å². The van der Waals surface area contributed by atoms with E-state index in [9.17, 15) is 9.50 Å². The molecule has 3 rings (SSSR count). The summed E-state index contributed by atoms with van der Waals surface area (Å²) in [6.45, 7) is 0.396. The van der Waals surface area contributed by atoms with Crippen LogP contribution in [0.15, 0.2) is 36.8 Å². The first-order valence-corrected chi connectivity index (χ1v) is 6.86. The van der Waals surface area contributed by atoms with E-state index in [0.717, 1.165) is 11.0 Å². The molecular formula is C16H14FN5O. The third-order valence-corrected chi connectivity index (χ3v) is 3.19. The molecule has 0 bridgehead atoms. The monoisotopic (exact) mass is 311 g/mol. The number of aromatic nitrogens is 4. The summed E-state index contributed by atoms with van der Waals surface area (Å²) in [7, 11) is 0. The van der Waals surface area contributed by atoms with Gasteiger partial charge in [0.05, 0.1) is 11.0 Å². The molecule has 0 radical (unpaired) electrons. The van der Waals surface area contributed by atoms with E-state index >= 15 is 0 Å². The minimum absolute atomic E-state index is 0.166. The van der Waals surface area contributed by atoms with Crippen molar-refractivity contribution in [3.8, 4) is 17.7 Å². The van der Waals surface area contributed by atoms with Crippen molar-refractivity contribution >= 4 is 17.0 Å². The summed E-state index contributed by atoms with van der Waals surface area (Å²) in [5, 5.41) is 9.62. The highest BCUT2D eigenvalue weighted by Gasteiger charge is 2.15. The van der Waals surface area contributed by atoms with Gasteiger partial charge in [0.1, 0.15) is 18.8 Å². The summed E-state index contributed by atoms with van der Waals surface area (Å²) in [5.41, 5.74) is 6.11. The Morgan fingerprint density at radius 3 is 2.91 bits per heavy atom. The molecule has 0 aliphatic carbocycles. The molecule has 0 fully saturated rings. The van der Waals surface area contributed by atoms with E-state index in [-0.39, 0.29) is 5.95 Å². The van der Waals surface area contributed by atoms with Gasteiger partial charge in [-0.2, -0.15) is 4.98 Å². The summed E-state index contributed by atoms with van der Waals surface area (Å²) in [5.74, 6) is 6.02. The lowest BCUT2D eigenvalue weighted by atomic mass is 10.1. The fourth-order valence-corrected chi connectivity index (χ4v) is 2.01. The number of halogens is 1. The van der Waals surface area contributed by atoms with Crippen LogP contribution in [0, 0.1) is 11.8 Å². The molecule has 0 aliphatic heterocycles. The van der Waals surface area contributed by atoms with Crippen LogP contribution in [-0.4, -0.2) is 36.9 Å². The standard InChI is InChI=1S/C16H14FN5O/c1-16(23,9-17)6-4-11-2-3-12-13(8-11)22(10-20-12)14-5-7-19-15(18)21-14/h2-3,5,7-8,10,23H,9H2,1H3,(H2,18,19,21). The van der Waals surface area contributed by atoms with Gasteiger partial charge in [-0.05, 0) is 31.2 Å². The average molecular weight is 311 g/mol.